The van der Waals surface area contributed by atoms with Crippen molar-refractivity contribution in [1.82, 2.24) is 10.2 Å². The van der Waals surface area contributed by atoms with Gasteiger partial charge in [0, 0.05) is 45.0 Å². The predicted molar refractivity (Wildman–Crippen MR) is 125 cm³/mol. The lowest BCUT2D eigenvalue weighted by molar-refractivity contribution is -0.115. The zero-order valence-corrected chi connectivity index (χ0v) is 19.3. The minimum atomic E-state index is -0.141. The molecule has 0 fully saturated rings. The highest BCUT2D eigenvalue weighted by molar-refractivity contribution is 5.98. The van der Waals surface area contributed by atoms with Crippen LogP contribution in [0, 0.1) is 5.92 Å². The zero-order chi connectivity index (χ0) is 23.1. The first-order chi connectivity index (χ1) is 15.4. The molecule has 0 unspecified atom stereocenters. The lowest BCUT2D eigenvalue weighted by Crippen LogP contribution is -2.44. The number of ether oxygens (including phenoxy) is 2. The molecule has 32 heavy (non-hydrogen) atoms. The zero-order valence-electron chi connectivity index (χ0n) is 19.3. The van der Waals surface area contributed by atoms with Crippen molar-refractivity contribution in [2.24, 2.45) is 5.92 Å². The molecule has 0 aliphatic carbocycles. The van der Waals surface area contributed by atoms with Gasteiger partial charge in [-0.1, -0.05) is 37.3 Å². The largest absolute Gasteiger partial charge is 0.491 e. The molecule has 1 heterocycles. The van der Waals surface area contributed by atoms with Crippen molar-refractivity contribution in [3.63, 3.8) is 0 Å². The lowest BCUT2D eigenvalue weighted by atomic mass is 10.0. The van der Waals surface area contributed by atoms with E-state index in [4.69, 9.17) is 9.47 Å². The van der Waals surface area contributed by atoms with E-state index in [0.717, 1.165) is 12.1 Å². The number of rotatable bonds is 4. The minimum Gasteiger partial charge on any atom is -0.491 e. The van der Waals surface area contributed by atoms with Crippen molar-refractivity contribution in [3.8, 4) is 5.75 Å². The Kier molecular flexibility index (Phi) is 8.25. The second kappa shape index (κ2) is 11.1. The third-order valence-electron chi connectivity index (χ3n) is 5.72. The minimum absolute atomic E-state index is 0.0796. The molecule has 2 N–H and O–H groups in total. The highest BCUT2D eigenvalue weighted by Crippen LogP contribution is 2.26. The Hall–Kier alpha value is -2.90. The molecule has 3 rings (SSSR count). The number of anilines is 1. The third kappa shape index (κ3) is 6.31. The molecule has 2 aromatic rings. The molecule has 0 aromatic heterocycles. The Morgan fingerprint density at radius 1 is 1.22 bits per heavy atom. The van der Waals surface area contributed by atoms with E-state index in [-0.39, 0.29) is 36.3 Å². The standard InChI is InChI=1S/C25H33N3O4/c1-17-14-26-18(2)16-32-22-13-20(27-24(29)12-19-8-6-5-7-9-19)10-11-21(22)25(30)28(3)15-23(17)31-4/h5-11,13,17-18,23,26H,12,14-16H2,1-4H3,(H,27,29)/t17-,18+,23-/m0/s1. The van der Waals surface area contributed by atoms with Crippen LogP contribution in [-0.4, -0.2) is 62.7 Å². The van der Waals surface area contributed by atoms with Gasteiger partial charge >= 0.3 is 0 Å². The highest BCUT2D eigenvalue weighted by atomic mass is 16.5. The van der Waals surface area contributed by atoms with E-state index in [9.17, 15) is 9.59 Å². The third-order valence-corrected chi connectivity index (χ3v) is 5.72. The molecule has 0 radical (unpaired) electrons. The van der Waals surface area contributed by atoms with Crippen LogP contribution in [0.25, 0.3) is 0 Å². The monoisotopic (exact) mass is 439 g/mol. The van der Waals surface area contributed by atoms with Gasteiger partial charge in [-0.2, -0.15) is 0 Å². The fourth-order valence-corrected chi connectivity index (χ4v) is 3.72. The average Bonchev–Trinajstić information content (AvgIpc) is 2.79. The van der Waals surface area contributed by atoms with Crippen LogP contribution < -0.4 is 15.4 Å². The molecular weight excluding hydrogens is 406 g/mol. The Morgan fingerprint density at radius 3 is 2.69 bits per heavy atom. The number of methoxy groups -OCH3 is 1. The quantitative estimate of drug-likeness (QED) is 0.766. The van der Waals surface area contributed by atoms with E-state index in [1.165, 1.54) is 0 Å². The van der Waals surface area contributed by atoms with Crippen molar-refractivity contribution in [3.05, 3.63) is 59.7 Å². The lowest BCUT2D eigenvalue weighted by Gasteiger charge is -2.30. The van der Waals surface area contributed by atoms with E-state index < -0.39 is 0 Å². The topological polar surface area (TPSA) is 79.9 Å². The van der Waals surface area contributed by atoms with Gasteiger partial charge in [-0.15, -0.1) is 0 Å². The summed E-state index contributed by atoms with van der Waals surface area (Å²) in [4.78, 5) is 27.3. The van der Waals surface area contributed by atoms with Gasteiger partial charge in [0.15, 0.2) is 0 Å². The fraction of sp³-hybridized carbons (Fsp3) is 0.440. The van der Waals surface area contributed by atoms with E-state index in [1.807, 2.05) is 37.3 Å². The molecule has 2 amide bonds. The second-order valence-corrected chi connectivity index (χ2v) is 8.48. The van der Waals surface area contributed by atoms with Crippen LogP contribution in [-0.2, 0) is 16.0 Å². The second-order valence-electron chi connectivity index (χ2n) is 8.48. The molecular formula is C25H33N3O4. The van der Waals surface area contributed by atoms with Crippen LogP contribution in [0.5, 0.6) is 5.75 Å². The van der Waals surface area contributed by atoms with Crippen LogP contribution in [0.4, 0.5) is 5.69 Å². The van der Waals surface area contributed by atoms with Gasteiger partial charge < -0.3 is 25.0 Å². The summed E-state index contributed by atoms with van der Waals surface area (Å²) in [7, 11) is 3.44. The molecule has 0 bridgehead atoms. The molecule has 0 saturated heterocycles. The molecule has 2 aromatic carbocycles. The molecule has 7 heteroatoms. The Morgan fingerprint density at radius 2 is 1.97 bits per heavy atom. The number of nitrogens with one attached hydrogen (secondary N) is 2. The maximum atomic E-state index is 13.2. The Labute approximate surface area is 190 Å². The van der Waals surface area contributed by atoms with E-state index >= 15 is 0 Å². The van der Waals surface area contributed by atoms with Gasteiger partial charge in [0.05, 0.1) is 18.1 Å². The fourth-order valence-electron chi connectivity index (χ4n) is 3.72. The van der Waals surface area contributed by atoms with Gasteiger partial charge in [-0.3, -0.25) is 9.59 Å². The summed E-state index contributed by atoms with van der Waals surface area (Å²) in [6.45, 7) is 5.78. The molecule has 1 aliphatic heterocycles. The highest BCUT2D eigenvalue weighted by Gasteiger charge is 2.25. The maximum absolute atomic E-state index is 13.2. The average molecular weight is 440 g/mol. The van der Waals surface area contributed by atoms with Gasteiger partial charge in [0.1, 0.15) is 12.4 Å². The van der Waals surface area contributed by atoms with Crippen molar-refractivity contribution < 1.29 is 19.1 Å². The predicted octanol–water partition coefficient (Wildman–Crippen LogP) is 2.96. The van der Waals surface area contributed by atoms with Crippen molar-refractivity contribution >= 4 is 17.5 Å². The maximum Gasteiger partial charge on any atom is 0.257 e. The number of benzene rings is 2. The normalized spacial score (nSPS) is 22.2. The Bertz CT molecular complexity index is 919. The summed E-state index contributed by atoms with van der Waals surface area (Å²) in [6, 6.07) is 14.8. The molecule has 172 valence electrons. The van der Waals surface area contributed by atoms with Gasteiger partial charge in [-0.05, 0) is 30.5 Å². The number of hydrogen-bond acceptors (Lipinski definition) is 5. The number of carbonyl (C=O) groups excluding carboxylic acids is 2. The van der Waals surface area contributed by atoms with Gasteiger partial charge in [0.25, 0.3) is 5.91 Å². The van der Waals surface area contributed by atoms with Crippen LogP contribution in [0.1, 0.15) is 29.8 Å². The summed E-state index contributed by atoms with van der Waals surface area (Å²) in [5, 5.41) is 6.37. The van der Waals surface area contributed by atoms with Gasteiger partial charge in [-0.25, -0.2) is 0 Å². The van der Waals surface area contributed by atoms with Crippen LogP contribution in [0.2, 0.25) is 0 Å². The number of amides is 2. The Balaban J connectivity index is 1.81. The summed E-state index contributed by atoms with van der Waals surface area (Å²) < 4.78 is 11.7. The SMILES string of the molecule is CO[C@H]1CN(C)C(=O)c2ccc(NC(=O)Cc3ccccc3)cc2OC[C@@H](C)NC[C@@H]1C. The smallest absolute Gasteiger partial charge is 0.257 e. The number of nitrogens with zero attached hydrogens (tertiary/aromatic N) is 1. The first kappa shape index (κ1) is 23.8. The molecule has 0 spiro atoms. The summed E-state index contributed by atoms with van der Waals surface area (Å²) in [5.74, 6) is 0.423. The number of likely N-dealkylation sites (N-methyl/N-ethyl adjacent to an activating group) is 1. The molecule has 0 saturated carbocycles. The number of fused-ring (bicyclic) bond motifs is 1. The summed E-state index contributed by atoms with van der Waals surface area (Å²) in [5.41, 5.74) is 1.99. The van der Waals surface area contributed by atoms with E-state index in [2.05, 4.69) is 17.6 Å². The first-order valence-corrected chi connectivity index (χ1v) is 11.0. The van der Waals surface area contributed by atoms with E-state index in [0.29, 0.717) is 30.2 Å². The first-order valence-electron chi connectivity index (χ1n) is 11.0. The van der Waals surface area contributed by atoms with Gasteiger partial charge in [0.2, 0.25) is 5.91 Å². The van der Waals surface area contributed by atoms with Crippen LogP contribution >= 0.6 is 0 Å². The van der Waals surface area contributed by atoms with Crippen LogP contribution in [0.3, 0.4) is 0 Å². The molecule has 1 aliphatic rings. The molecule has 3 atom stereocenters. The van der Waals surface area contributed by atoms with E-state index in [1.54, 1.807) is 37.3 Å². The molecule has 7 nitrogen and oxygen atoms in total. The number of carbonyl (C=O) groups is 2. The summed E-state index contributed by atoms with van der Waals surface area (Å²) in [6.07, 6.45) is 0.196. The van der Waals surface area contributed by atoms with Crippen molar-refractivity contribution in [2.75, 3.05) is 39.2 Å². The number of hydrogen-bond donors (Lipinski definition) is 2. The van der Waals surface area contributed by atoms with Crippen molar-refractivity contribution in [1.29, 1.82) is 0 Å². The van der Waals surface area contributed by atoms with Crippen LogP contribution in [0.15, 0.2) is 48.5 Å². The summed E-state index contributed by atoms with van der Waals surface area (Å²) >= 11 is 0. The van der Waals surface area contributed by atoms with Crippen molar-refractivity contribution in [2.45, 2.75) is 32.4 Å².